The predicted molar refractivity (Wildman–Crippen MR) is 54.8 cm³/mol. The van der Waals surface area contributed by atoms with E-state index in [0.29, 0.717) is 15.7 Å². The molecular formula is C8H10BrN3O. The lowest BCUT2D eigenvalue weighted by molar-refractivity contribution is 0.0795. The number of nitrogens with two attached hydrogens (primary N) is 2. The third-order valence-corrected chi connectivity index (χ3v) is 2.24. The highest BCUT2D eigenvalue weighted by Crippen LogP contribution is 2.22. The fourth-order valence-corrected chi connectivity index (χ4v) is 1.49. The zero-order valence-electron chi connectivity index (χ0n) is 7.12. The molecule has 13 heavy (non-hydrogen) atoms. The Morgan fingerprint density at radius 2 is 2.15 bits per heavy atom. The van der Waals surface area contributed by atoms with Crippen LogP contribution in [-0.4, -0.2) is 18.0 Å². The van der Waals surface area contributed by atoms with E-state index in [1.807, 2.05) is 0 Å². The summed E-state index contributed by atoms with van der Waals surface area (Å²) in [7, 11) is 1.47. The van der Waals surface area contributed by atoms with Gasteiger partial charge in [0, 0.05) is 17.2 Å². The lowest BCUT2D eigenvalue weighted by Crippen LogP contribution is -2.33. The van der Waals surface area contributed by atoms with Crippen LogP contribution in [0, 0.1) is 0 Å². The van der Waals surface area contributed by atoms with E-state index in [2.05, 4.69) is 15.9 Å². The summed E-state index contributed by atoms with van der Waals surface area (Å²) < 4.78 is 0.648. The first kappa shape index (κ1) is 10.0. The molecule has 0 heterocycles. The van der Waals surface area contributed by atoms with Crippen LogP contribution < -0.4 is 11.6 Å². The summed E-state index contributed by atoms with van der Waals surface area (Å²) in [5, 5.41) is 0.996. The molecule has 0 saturated carbocycles. The molecule has 0 unspecified atom stereocenters. The number of carbonyl (C=O) groups excluding carboxylic acids is 1. The first-order valence-electron chi connectivity index (χ1n) is 3.60. The van der Waals surface area contributed by atoms with E-state index in [0.717, 1.165) is 5.01 Å². The average Bonchev–Trinajstić information content (AvgIpc) is 2.03. The number of benzene rings is 1. The Kier molecular flexibility index (Phi) is 2.90. The summed E-state index contributed by atoms with van der Waals surface area (Å²) in [5.41, 5.74) is 6.44. The van der Waals surface area contributed by atoms with Gasteiger partial charge in [-0.25, -0.2) is 5.84 Å². The van der Waals surface area contributed by atoms with Crippen LogP contribution in [0.2, 0.25) is 0 Å². The number of nitrogens with zero attached hydrogens (tertiary/aromatic N) is 1. The van der Waals surface area contributed by atoms with Crippen molar-refractivity contribution in [3.8, 4) is 0 Å². The third-order valence-electron chi connectivity index (χ3n) is 1.58. The van der Waals surface area contributed by atoms with E-state index < -0.39 is 0 Å². The molecule has 0 aromatic heterocycles. The number of amides is 1. The van der Waals surface area contributed by atoms with Crippen LogP contribution in [0.5, 0.6) is 0 Å². The minimum absolute atomic E-state index is 0.315. The Balaban J connectivity index is 3.20. The summed E-state index contributed by atoms with van der Waals surface area (Å²) in [6.45, 7) is 0. The van der Waals surface area contributed by atoms with E-state index in [1.165, 1.54) is 7.05 Å². The molecule has 0 aliphatic rings. The van der Waals surface area contributed by atoms with Crippen LogP contribution in [0.25, 0.3) is 0 Å². The van der Waals surface area contributed by atoms with Crippen molar-refractivity contribution in [3.05, 3.63) is 28.2 Å². The van der Waals surface area contributed by atoms with Crippen molar-refractivity contribution in [2.45, 2.75) is 0 Å². The second-order valence-corrected chi connectivity index (χ2v) is 3.47. The number of anilines is 1. The molecular weight excluding hydrogens is 234 g/mol. The molecule has 4 nitrogen and oxygen atoms in total. The van der Waals surface area contributed by atoms with Gasteiger partial charge in [-0.15, -0.1) is 0 Å². The van der Waals surface area contributed by atoms with E-state index in [-0.39, 0.29) is 5.91 Å². The van der Waals surface area contributed by atoms with Crippen molar-refractivity contribution in [2.24, 2.45) is 5.84 Å². The van der Waals surface area contributed by atoms with Crippen molar-refractivity contribution >= 4 is 27.5 Å². The normalized spacial score (nSPS) is 9.77. The maximum Gasteiger partial charge on any atom is 0.270 e. The van der Waals surface area contributed by atoms with Crippen molar-refractivity contribution < 1.29 is 4.79 Å². The van der Waals surface area contributed by atoms with Crippen LogP contribution in [0.1, 0.15) is 10.4 Å². The van der Waals surface area contributed by atoms with Gasteiger partial charge in [-0.2, -0.15) is 0 Å². The minimum atomic E-state index is -0.315. The summed E-state index contributed by atoms with van der Waals surface area (Å²) >= 11 is 3.23. The third kappa shape index (κ3) is 1.99. The van der Waals surface area contributed by atoms with E-state index >= 15 is 0 Å². The number of hydrazine groups is 1. The standard InChI is InChI=1S/C8H10BrN3O/c1-12(11)8(13)7-5(9)3-2-4-6(7)10/h2-4H,10-11H2,1H3. The van der Waals surface area contributed by atoms with Crippen LogP contribution in [-0.2, 0) is 0 Å². The van der Waals surface area contributed by atoms with E-state index in [1.54, 1.807) is 18.2 Å². The average molecular weight is 244 g/mol. The van der Waals surface area contributed by atoms with Crippen LogP contribution in [0.3, 0.4) is 0 Å². The fraction of sp³-hybridized carbons (Fsp3) is 0.125. The van der Waals surface area contributed by atoms with E-state index in [4.69, 9.17) is 11.6 Å². The minimum Gasteiger partial charge on any atom is -0.398 e. The van der Waals surface area contributed by atoms with Gasteiger partial charge in [-0.1, -0.05) is 6.07 Å². The molecule has 0 aliphatic heterocycles. The number of carbonyl (C=O) groups is 1. The van der Waals surface area contributed by atoms with Crippen LogP contribution in [0.4, 0.5) is 5.69 Å². The molecule has 1 amide bonds. The summed E-state index contributed by atoms with van der Waals surface area (Å²) in [5.74, 6) is 5.00. The fourth-order valence-electron chi connectivity index (χ4n) is 0.943. The van der Waals surface area contributed by atoms with E-state index in [9.17, 15) is 4.79 Å². The molecule has 5 heteroatoms. The molecule has 70 valence electrons. The lowest BCUT2D eigenvalue weighted by atomic mass is 10.1. The maximum absolute atomic E-state index is 11.5. The van der Waals surface area contributed by atoms with Gasteiger partial charge in [0.1, 0.15) is 0 Å². The van der Waals surface area contributed by atoms with Gasteiger partial charge < -0.3 is 5.73 Å². The van der Waals surface area contributed by atoms with Crippen molar-refractivity contribution in [3.63, 3.8) is 0 Å². The molecule has 0 radical (unpaired) electrons. The van der Waals surface area contributed by atoms with Crippen molar-refractivity contribution in [2.75, 3.05) is 12.8 Å². The predicted octanol–water partition coefficient (Wildman–Crippen LogP) is 0.977. The van der Waals surface area contributed by atoms with Crippen molar-refractivity contribution in [1.29, 1.82) is 0 Å². The Morgan fingerprint density at radius 3 is 2.62 bits per heavy atom. The second kappa shape index (κ2) is 3.76. The number of rotatable bonds is 1. The Labute approximate surface area is 84.6 Å². The molecule has 1 aromatic rings. The summed E-state index contributed by atoms with van der Waals surface area (Å²) in [4.78, 5) is 11.5. The Hall–Kier alpha value is -1.07. The highest BCUT2D eigenvalue weighted by molar-refractivity contribution is 9.10. The topological polar surface area (TPSA) is 72.3 Å². The molecule has 0 saturated heterocycles. The quantitative estimate of drug-likeness (QED) is 0.334. The number of nitrogen functional groups attached to an aromatic ring is 1. The first-order chi connectivity index (χ1) is 6.04. The van der Waals surface area contributed by atoms with Gasteiger partial charge in [0.2, 0.25) is 0 Å². The highest BCUT2D eigenvalue weighted by Gasteiger charge is 2.15. The van der Waals surface area contributed by atoms with Gasteiger partial charge in [0.25, 0.3) is 5.91 Å². The zero-order chi connectivity index (χ0) is 10.0. The largest absolute Gasteiger partial charge is 0.398 e. The van der Waals surface area contributed by atoms with Gasteiger partial charge in [0.15, 0.2) is 0 Å². The Bertz CT molecular complexity index is 318. The van der Waals surface area contributed by atoms with Gasteiger partial charge in [0.05, 0.1) is 5.56 Å². The molecule has 1 rings (SSSR count). The maximum atomic E-state index is 11.5. The monoisotopic (exact) mass is 243 g/mol. The lowest BCUT2D eigenvalue weighted by Gasteiger charge is -2.12. The van der Waals surface area contributed by atoms with Crippen molar-refractivity contribution in [1.82, 2.24) is 5.01 Å². The summed E-state index contributed by atoms with van der Waals surface area (Å²) in [6.07, 6.45) is 0. The van der Waals surface area contributed by atoms with Gasteiger partial charge in [-0.05, 0) is 28.1 Å². The second-order valence-electron chi connectivity index (χ2n) is 2.62. The number of hydrogen-bond donors (Lipinski definition) is 2. The zero-order valence-corrected chi connectivity index (χ0v) is 8.71. The molecule has 0 atom stereocenters. The molecule has 0 aliphatic carbocycles. The smallest absolute Gasteiger partial charge is 0.270 e. The number of hydrogen-bond acceptors (Lipinski definition) is 3. The van der Waals surface area contributed by atoms with Crippen LogP contribution in [0.15, 0.2) is 22.7 Å². The molecule has 0 bridgehead atoms. The molecule has 1 aromatic carbocycles. The highest BCUT2D eigenvalue weighted by atomic mass is 79.9. The van der Waals surface area contributed by atoms with Gasteiger partial charge >= 0.3 is 0 Å². The Morgan fingerprint density at radius 1 is 1.54 bits per heavy atom. The first-order valence-corrected chi connectivity index (χ1v) is 4.40. The molecule has 4 N–H and O–H groups in total. The molecule has 0 spiro atoms. The number of halogens is 1. The van der Waals surface area contributed by atoms with Crippen LogP contribution >= 0.6 is 15.9 Å². The van der Waals surface area contributed by atoms with Gasteiger partial charge in [-0.3, -0.25) is 9.80 Å². The summed E-state index contributed by atoms with van der Waals surface area (Å²) in [6, 6.07) is 5.15. The SMILES string of the molecule is CN(N)C(=O)c1c(N)cccc1Br. The molecule has 0 fully saturated rings.